The molecule has 134 valence electrons. The number of nitrogens with one attached hydrogen (secondary N) is 1. The first-order chi connectivity index (χ1) is 11.1. The lowest BCUT2D eigenvalue weighted by molar-refractivity contribution is 0.0522. The highest BCUT2D eigenvalue weighted by atomic mass is 32.2. The number of amides is 1. The quantitative estimate of drug-likeness (QED) is 0.861. The van der Waals surface area contributed by atoms with E-state index in [9.17, 15) is 13.2 Å². The smallest absolute Gasteiger partial charge is 0.408 e. The molecule has 1 amide bonds. The van der Waals surface area contributed by atoms with E-state index in [1.165, 1.54) is 4.31 Å². The number of aromatic nitrogens is 2. The van der Waals surface area contributed by atoms with E-state index in [4.69, 9.17) is 9.26 Å². The largest absolute Gasteiger partial charge is 0.444 e. The van der Waals surface area contributed by atoms with Gasteiger partial charge in [0.25, 0.3) is 0 Å². The van der Waals surface area contributed by atoms with Crippen LogP contribution < -0.4 is 5.32 Å². The van der Waals surface area contributed by atoms with E-state index in [0.29, 0.717) is 31.1 Å². The highest BCUT2D eigenvalue weighted by Crippen LogP contribution is 2.47. The number of rotatable bonds is 3. The summed E-state index contributed by atoms with van der Waals surface area (Å²) in [6, 6.07) is 0. The summed E-state index contributed by atoms with van der Waals surface area (Å²) in [4.78, 5) is 16.0. The van der Waals surface area contributed by atoms with Gasteiger partial charge in [-0.1, -0.05) is 5.16 Å². The molecule has 0 aromatic carbocycles. The molecular formula is C14H22N4O5S. The Bertz CT molecular complexity index is 739. The van der Waals surface area contributed by atoms with Crippen molar-refractivity contribution < 1.29 is 22.5 Å². The van der Waals surface area contributed by atoms with Gasteiger partial charge in [0.05, 0.1) is 12.3 Å². The van der Waals surface area contributed by atoms with Crippen molar-refractivity contribution in [3.63, 3.8) is 0 Å². The van der Waals surface area contributed by atoms with E-state index in [-0.39, 0.29) is 12.3 Å². The Morgan fingerprint density at radius 3 is 2.88 bits per heavy atom. The third kappa shape index (κ3) is 3.12. The van der Waals surface area contributed by atoms with Crippen molar-refractivity contribution in [2.75, 3.05) is 12.3 Å². The maximum absolute atomic E-state index is 12.1. The molecule has 2 fully saturated rings. The number of sulfonamides is 1. The van der Waals surface area contributed by atoms with E-state index in [1.54, 1.807) is 20.8 Å². The molecule has 0 aliphatic carbocycles. The number of alkyl carbamates (subject to hydrolysis) is 1. The first kappa shape index (κ1) is 17.2. The van der Waals surface area contributed by atoms with E-state index < -0.39 is 27.3 Å². The van der Waals surface area contributed by atoms with Crippen LogP contribution in [0.4, 0.5) is 4.79 Å². The van der Waals surface area contributed by atoms with Crippen molar-refractivity contribution in [3.05, 3.63) is 11.7 Å². The molecule has 3 rings (SSSR count). The summed E-state index contributed by atoms with van der Waals surface area (Å²) in [5, 5.41) is 6.41. The van der Waals surface area contributed by atoms with Gasteiger partial charge in [-0.15, -0.1) is 0 Å². The molecule has 1 aromatic heterocycles. The Morgan fingerprint density at radius 2 is 2.17 bits per heavy atom. The van der Waals surface area contributed by atoms with Crippen molar-refractivity contribution in [2.24, 2.45) is 0 Å². The number of carbonyl (C=O) groups is 1. The second-order valence-corrected chi connectivity index (χ2v) is 9.16. The lowest BCUT2D eigenvalue weighted by Crippen LogP contribution is -2.38. The molecule has 0 radical (unpaired) electrons. The van der Waals surface area contributed by atoms with E-state index >= 15 is 0 Å². The van der Waals surface area contributed by atoms with Crippen LogP contribution in [0.3, 0.4) is 0 Å². The molecule has 1 aromatic rings. The van der Waals surface area contributed by atoms with Gasteiger partial charge in [0, 0.05) is 6.54 Å². The Morgan fingerprint density at radius 1 is 1.42 bits per heavy atom. The van der Waals surface area contributed by atoms with Gasteiger partial charge in [-0.3, -0.25) is 0 Å². The molecule has 24 heavy (non-hydrogen) atoms. The van der Waals surface area contributed by atoms with Crippen molar-refractivity contribution in [3.8, 4) is 0 Å². The zero-order valence-electron chi connectivity index (χ0n) is 14.0. The summed E-state index contributed by atoms with van der Waals surface area (Å²) >= 11 is 0. The number of nitrogens with zero attached hydrogens (tertiary/aromatic N) is 3. The standard InChI is InChI=1S/C14H22N4O5S/c1-13(2,3)22-12(19)15-9-10-16-11(23-17-10)14-5-4-7-18(14)24(20,21)8-6-14/h4-9H2,1-3H3,(H,15,19). The van der Waals surface area contributed by atoms with Crippen molar-refractivity contribution in [2.45, 2.75) is 57.7 Å². The monoisotopic (exact) mass is 358 g/mol. The number of hydrogen-bond donors (Lipinski definition) is 1. The molecule has 1 atom stereocenters. The molecule has 2 aliphatic heterocycles. The summed E-state index contributed by atoms with van der Waals surface area (Å²) < 4.78 is 36.2. The molecule has 0 spiro atoms. The number of hydrogen-bond acceptors (Lipinski definition) is 7. The van der Waals surface area contributed by atoms with Gasteiger partial charge in [0.2, 0.25) is 15.9 Å². The normalized spacial score (nSPS) is 26.3. The highest BCUT2D eigenvalue weighted by molar-refractivity contribution is 7.89. The van der Waals surface area contributed by atoms with E-state index in [0.717, 1.165) is 6.42 Å². The highest BCUT2D eigenvalue weighted by Gasteiger charge is 2.57. The van der Waals surface area contributed by atoms with Crippen LogP contribution >= 0.6 is 0 Å². The maximum Gasteiger partial charge on any atom is 0.408 e. The minimum absolute atomic E-state index is 0.0568. The third-order valence-corrected chi connectivity index (χ3v) is 6.12. The van der Waals surface area contributed by atoms with Gasteiger partial charge >= 0.3 is 6.09 Å². The fourth-order valence-electron chi connectivity index (χ4n) is 3.22. The first-order valence-electron chi connectivity index (χ1n) is 7.93. The summed E-state index contributed by atoms with van der Waals surface area (Å²) in [6.45, 7) is 5.85. The predicted octanol–water partition coefficient (Wildman–Crippen LogP) is 1.12. The van der Waals surface area contributed by atoms with Crippen LogP contribution in [0.1, 0.15) is 51.7 Å². The molecule has 3 heterocycles. The summed E-state index contributed by atoms with van der Waals surface area (Å²) in [5.74, 6) is 0.699. The lowest BCUT2D eigenvalue weighted by atomic mass is 9.94. The third-order valence-electron chi connectivity index (χ3n) is 4.19. The van der Waals surface area contributed by atoms with Crippen LogP contribution in [-0.2, 0) is 26.8 Å². The molecule has 0 bridgehead atoms. The molecule has 10 heteroatoms. The van der Waals surface area contributed by atoms with Crippen molar-refractivity contribution in [1.29, 1.82) is 0 Å². The van der Waals surface area contributed by atoms with Gasteiger partial charge in [-0.25, -0.2) is 13.2 Å². The Kier molecular flexibility index (Phi) is 4.07. The number of fused-ring (bicyclic) bond motifs is 1. The van der Waals surface area contributed by atoms with Crippen molar-refractivity contribution in [1.82, 2.24) is 19.8 Å². The summed E-state index contributed by atoms with van der Waals surface area (Å²) in [6.07, 6.45) is 1.33. The fraction of sp³-hybridized carbons (Fsp3) is 0.786. The number of carbonyl (C=O) groups excluding carboxylic acids is 1. The number of ether oxygens (including phenoxy) is 1. The van der Waals surface area contributed by atoms with Crippen LogP contribution in [0.5, 0.6) is 0 Å². The molecule has 1 N–H and O–H groups in total. The summed E-state index contributed by atoms with van der Waals surface area (Å²) in [5.41, 5.74) is -1.30. The second kappa shape index (κ2) is 5.69. The van der Waals surface area contributed by atoms with Crippen LogP contribution in [0.25, 0.3) is 0 Å². The van der Waals surface area contributed by atoms with Crippen LogP contribution in [-0.4, -0.2) is 46.9 Å². The maximum atomic E-state index is 12.1. The zero-order valence-corrected chi connectivity index (χ0v) is 14.9. The first-order valence-corrected chi connectivity index (χ1v) is 9.54. The SMILES string of the molecule is CC(C)(C)OC(=O)NCc1noc(C23CCCN2S(=O)(=O)CC3)n1. The Hall–Kier alpha value is -1.68. The molecule has 0 saturated carbocycles. The molecule has 1 unspecified atom stereocenters. The minimum Gasteiger partial charge on any atom is -0.444 e. The zero-order chi connectivity index (χ0) is 17.6. The molecular weight excluding hydrogens is 336 g/mol. The average Bonchev–Trinajstić information content (AvgIpc) is 3.12. The van der Waals surface area contributed by atoms with Gasteiger partial charge in [-0.05, 0) is 40.0 Å². The van der Waals surface area contributed by atoms with Crippen LogP contribution in [0, 0.1) is 0 Å². The lowest BCUT2D eigenvalue weighted by Gasteiger charge is -2.25. The second-order valence-electron chi connectivity index (χ2n) is 7.14. The predicted molar refractivity (Wildman–Crippen MR) is 83.4 cm³/mol. The Labute approximate surface area is 140 Å². The average molecular weight is 358 g/mol. The fourth-order valence-corrected chi connectivity index (χ4v) is 5.23. The molecule has 2 aliphatic rings. The van der Waals surface area contributed by atoms with Gasteiger partial charge in [-0.2, -0.15) is 9.29 Å². The van der Waals surface area contributed by atoms with Gasteiger partial charge in [0.15, 0.2) is 5.82 Å². The topological polar surface area (TPSA) is 115 Å². The Balaban J connectivity index is 1.69. The minimum atomic E-state index is -3.25. The molecule has 9 nitrogen and oxygen atoms in total. The van der Waals surface area contributed by atoms with Crippen LogP contribution in [0.15, 0.2) is 4.52 Å². The van der Waals surface area contributed by atoms with E-state index in [1.807, 2.05) is 0 Å². The molecule has 2 saturated heterocycles. The van der Waals surface area contributed by atoms with E-state index in [2.05, 4.69) is 15.5 Å². The van der Waals surface area contributed by atoms with Crippen LogP contribution in [0.2, 0.25) is 0 Å². The summed E-state index contributed by atoms with van der Waals surface area (Å²) in [7, 11) is -3.25. The van der Waals surface area contributed by atoms with Gasteiger partial charge in [0.1, 0.15) is 11.1 Å². The van der Waals surface area contributed by atoms with Gasteiger partial charge < -0.3 is 14.6 Å². The van der Waals surface area contributed by atoms with Crippen molar-refractivity contribution >= 4 is 16.1 Å².